The SMILES string of the molecule is COc1ccc2c(c1)C13CCN(CC4CC4)C(C2)C12CCC(N(C)C(=O)c1cccc(Cl)c1)C3[C@@H](C)O2. The average molecular weight is 521 g/mol. The number of ether oxygens (including phenoxy) is 2. The summed E-state index contributed by atoms with van der Waals surface area (Å²) in [6, 6.07) is 14.5. The number of likely N-dealkylation sites (tertiary alicyclic amines) is 1. The van der Waals surface area contributed by atoms with Gasteiger partial charge in [-0.3, -0.25) is 9.69 Å². The average Bonchev–Trinajstić information content (AvgIpc) is 3.69. The maximum atomic E-state index is 13.7. The number of amides is 1. The van der Waals surface area contributed by atoms with Crippen LogP contribution in [0.4, 0.5) is 0 Å². The van der Waals surface area contributed by atoms with Crippen molar-refractivity contribution in [3.8, 4) is 5.75 Å². The van der Waals surface area contributed by atoms with Crippen molar-refractivity contribution in [1.29, 1.82) is 0 Å². The number of nitrogens with zero attached hydrogens (tertiary/aromatic N) is 2. The molecular formula is C31H37ClN2O3. The van der Waals surface area contributed by atoms with Gasteiger partial charge in [0.2, 0.25) is 0 Å². The van der Waals surface area contributed by atoms with Gasteiger partial charge in [-0.15, -0.1) is 0 Å². The first-order chi connectivity index (χ1) is 17.9. The molecule has 2 aromatic carbocycles. The molecule has 1 amide bonds. The van der Waals surface area contributed by atoms with Crippen LogP contribution in [0.3, 0.4) is 0 Å². The third-order valence-corrected chi connectivity index (χ3v) is 10.7. The zero-order valence-corrected chi connectivity index (χ0v) is 22.8. The maximum absolute atomic E-state index is 13.7. The monoisotopic (exact) mass is 520 g/mol. The summed E-state index contributed by atoms with van der Waals surface area (Å²) in [6.45, 7) is 4.56. The minimum absolute atomic E-state index is 0.0416. The standard InChI is InChI=1S/C31H37ClN2O3/c1-19-28-26(33(2)29(35)22-5-4-6-23(32)15-22)11-12-31(37-19)27-16-21-9-10-24(36-3)17-25(21)30(28,31)13-14-34(27)18-20-7-8-20/h4-6,9-10,15,17,19-20,26-28H,7-8,11-14,16,18H2,1-3H3/t19-,26?,27?,28?,30?,31?/m1/s1. The molecule has 0 radical (unpaired) electrons. The van der Waals surface area contributed by atoms with Crippen LogP contribution >= 0.6 is 11.6 Å². The Bertz CT molecular complexity index is 1250. The molecule has 4 bridgehead atoms. The molecular weight excluding hydrogens is 484 g/mol. The highest BCUT2D eigenvalue weighted by atomic mass is 35.5. The van der Waals surface area contributed by atoms with Gasteiger partial charge in [0.05, 0.1) is 18.8 Å². The van der Waals surface area contributed by atoms with Crippen LogP contribution in [0.5, 0.6) is 5.75 Å². The van der Waals surface area contributed by atoms with Gasteiger partial charge >= 0.3 is 0 Å². The molecule has 2 aromatic rings. The van der Waals surface area contributed by atoms with Crippen LogP contribution in [0.1, 0.15) is 60.5 Å². The highest BCUT2D eigenvalue weighted by molar-refractivity contribution is 6.30. The quantitative estimate of drug-likeness (QED) is 0.534. The van der Waals surface area contributed by atoms with E-state index in [1.807, 2.05) is 30.1 Å². The summed E-state index contributed by atoms with van der Waals surface area (Å²) in [6.07, 6.45) is 6.86. The largest absolute Gasteiger partial charge is 0.497 e. The lowest BCUT2D eigenvalue weighted by atomic mass is 9.46. The molecule has 0 aromatic heterocycles. The van der Waals surface area contributed by atoms with Gasteiger partial charge in [0.1, 0.15) is 5.75 Å². The highest BCUT2D eigenvalue weighted by Gasteiger charge is 2.75. The number of piperidine rings is 1. The third-order valence-electron chi connectivity index (χ3n) is 10.5. The molecule has 196 valence electrons. The molecule has 4 fully saturated rings. The summed E-state index contributed by atoms with van der Waals surface area (Å²) >= 11 is 6.26. The predicted molar refractivity (Wildman–Crippen MR) is 144 cm³/mol. The van der Waals surface area contributed by atoms with E-state index in [1.54, 1.807) is 13.2 Å². The molecule has 2 heterocycles. The minimum atomic E-state index is -0.208. The second-order valence-corrected chi connectivity index (χ2v) is 12.6. The molecule has 7 rings (SSSR count). The predicted octanol–water partition coefficient (Wildman–Crippen LogP) is 5.34. The van der Waals surface area contributed by atoms with Crippen LogP contribution in [-0.4, -0.2) is 66.7 Å². The smallest absolute Gasteiger partial charge is 0.253 e. The number of methoxy groups -OCH3 is 1. The first-order valence-corrected chi connectivity index (χ1v) is 14.4. The fraction of sp³-hybridized carbons (Fsp3) is 0.581. The van der Waals surface area contributed by atoms with Crippen LogP contribution in [0.25, 0.3) is 0 Å². The van der Waals surface area contributed by atoms with Gasteiger partial charge in [-0.1, -0.05) is 23.7 Å². The van der Waals surface area contributed by atoms with Gasteiger partial charge in [-0.2, -0.15) is 0 Å². The maximum Gasteiger partial charge on any atom is 0.253 e. The van der Waals surface area contributed by atoms with E-state index in [9.17, 15) is 4.79 Å². The van der Waals surface area contributed by atoms with Gasteiger partial charge in [0.25, 0.3) is 5.91 Å². The van der Waals surface area contributed by atoms with Crippen LogP contribution < -0.4 is 4.74 Å². The molecule has 6 atom stereocenters. The zero-order valence-electron chi connectivity index (χ0n) is 22.1. The summed E-state index contributed by atoms with van der Waals surface area (Å²) in [4.78, 5) is 18.5. The van der Waals surface area contributed by atoms with E-state index in [2.05, 4.69) is 30.0 Å². The molecule has 2 aliphatic heterocycles. The first kappa shape index (κ1) is 24.0. The molecule has 3 aliphatic carbocycles. The van der Waals surface area contributed by atoms with E-state index in [-0.39, 0.29) is 35.0 Å². The number of carbonyl (C=O) groups is 1. The Balaban J connectivity index is 1.34. The molecule has 6 heteroatoms. The van der Waals surface area contributed by atoms with Crippen molar-refractivity contribution in [2.75, 3.05) is 27.2 Å². The molecule has 0 spiro atoms. The number of hydrogen-bond acceptors (Lipinski definition) is 4. The summed E-state index contributed by atoms with van der Waals surface area (Å²) in [5.74, 6) is 2.04. The van der Waals surface area contributed by atoms with E-state index in [1.165, 1.54) is 30.5 Å². The van der Waals surface area contributed by atoms with E-state index >= 15 is 0 Å². The zero-order chi connectivity index (χ0) is 25.5. The Hall–Kier alpha value is -2.08. The van der Waals surface area contributed by atoms with Crippen LogP contribution in [0.2, 0.25) is 5.02 Å². The van der Waals surface area contributed by atoms with Gasteiger partial charge in [0.15, 0.2) is 0 Å². The van der Waals surface area contributed by atoms with Crippen molar-refractivity contribution in [2.45, 2.75) is 74.7 Å². The topological polar surface area (TPSA) is 42.0 Å². The lowest BCUT2D eigenvalue weighted by Crippen LogP contribution is -2.74. The Labute approximate surface area is 225 Å². The summed E-state index contributed by atoms with van der Waals surface area (Å²) < 4.78 is 13.0. The van der Waals surface area contributed by atoms with Gasteiger partial charge in [-0.05, 0) is 99.4 Å². The summed E-state index contributed by atoms with van der Waals surface area (Å²) in [7, 11) is 3.74. The van der Waals surface area contributed by atoms with Gasteiger partial charge in [0, 0.05) is 47.6 Å². The third kappa shape index (κ3) is 3.33. The number of rotatable bonds is 5. The van der Waals surface area contributed by atoms with Gasteiger partial charge < -0.3 is 14.4 Å². The van der Waals surface area contributed by atoms with Crippen LogP contribution in [0, 0.1) is 11.8 Å². The minimum Gasteiger partial charge on any atom is -0.497 e. The number of carbonyl (C=O) groups excluding carboxylic acids is 1. The Morgan fingerprint density at radius 3 is 2.78 bits per heavy atom. The second kappa shape index (κ2) is 8.46. The van der Waals surface area contributed by atoms with E-state index < -0.39 is 0 Å². The van der Waals surface area contributed by atoms with Crippen molar-refractivity contribution < 1.29 is 14.3 Å². The van der Waals surface area contributed by atoms with Gasteiger partial charge in [-0.25, -0.2) is 0 Å². The van der Waals surface area contributed by atoms with Crippen LogP contribution in [-0.2, 0) is 16.6 Å². The molecule has 2 saturated heterocycles. The van der Waals surface area contributed by atoms with E-state index in [0.717, 1.165) is 43.9 Å². The summed E-state index contributed by atoms with van der Waals surface area (Å²) in [5, 5.41) is 0.595. The van der Waals surface area contributed by atoms with Crippen molar-refractivity contribution in [2.24, 2.45) is 11.8 Å². The Morgan fingerprint density at radius 1 is 1.19 bits per heavy atom. The molecule has 5 unspecified atom stereocenters. The number of benzene rings is 2. The van der Waals surface area contributed by atoms with Crippen molar-refractivity contribution in [3.63, 3.8) is 0 Å². The van der Waals surface area contributed by atoms with Crippen molar-refractivity contribution in [3.05, 3.63) is 64.2 Å². The summed E-state index contributed by atoms with van der Waals surface area (Å²) in [5.41, 5.74) is 3.18. The van der Waals surface area contributed by atoms with Crippen molar-refractivity contribution in [1.82, 2.24) is 9.80 Å². The fourth-order valence-electron chi connectivity index (χ4n) is 8.93. The van der Waals surface area contributed by atoms with E-state index in [4.69, 9.17) is 21.1 Å². The molecule has 2 saturated carbocycles. The first-order valence-electron chi connectivity index (χ1n) is 14.0. The fourth-order valence-corrected chi connectivity index (χ4v) is 9.12. The second-order valence-electron chi connectivity index (χ2n) is 12.2. The number of hydrogen-bond donors (Lipinski definition) is 0. The van der Waals surface area contributed by atoms with E-state index in [0.29, 0.717) is 16.6 Å². The Morgan fingerprint density at radius 2 is 2.03 bits per heavy atom. The number of fused-ring (bicyclic) bond motifs is 1. The highest BCUT2D eigenvalue weighted by Crippen LogP contribution is 2.68. The lowest BCUT2D eigenvalue weighted by molar-refractivity contribution is -0.160. The molecule has 37 heavy (non-hydrogen) atoms. The van der Waals surface area contributed by atoms with Crippen LogP contribution in [0.15, 0.2) is 42.5 Å². The number of halogens is 1. The lowest BCUT2D eigenvalue weighted by Gasteiger charge is -2.65. The Kier molecular flexibility index (Phi) is 5.49. The molecule has 5 aliphatic rings. The molecule has 0 N–H and O–H groups in total. The molecule has 5 nitrogen and oxygen atoms in total. The normalized spacial score (nSPS) is 36.0. The van der Waals surface area contributed by atoms with Crippen molar-refractivity contribution >= 4 is 17.5 Å².